The number of hydrogen-bond acceptors (Lipinski definition) is 3. The minimum Gasteiger partial charge on any atom is -0.503 e. The van der Waals surface area contributed by atoms with Crippen molar-refractivity contribution in [3.05, 3.63) is 29.3 Å². The van der Waals surface area contributed by atoms with Crippen LogP contribution in [0.4, 0.5) is 8.78 Å². The highest BCUT2D eigenvalue weighted by atomic mass is 19.1. The van der Waals surface area contributed by atoms with E-state index in [-0.39, 0.29) is 18.4 Å². The number of aromatic hydroxyl groups is 1. The summed E-state index contributed by atoms with van der Waals surface area (Å²) < 4.78 is 31.3. The summed E-state index contributed by atoms with van der Waals surface area (Å²) in [5, 5.41) is 9.07. The Labute approximate surface area is 104 Å². The third-order valence-electron chi connectivity index (χ3n) is 2.17. The van der Waals surface area contributed by atoms with Crippen LogP contribution in [0.5, 0.6) is 5.75 Å². The Morgan fingerprint density at radius 2 is 1.94 bits per heavy atom. The van der Waals surface area contributed by atoms with Gasteiger partial charge >= 0.3 is 5.97 Å². The van der Waals surface area contributed by atoms with Gasteiger partial charge in [0.15, 0.2) is 17.4 Å². The molecule has 0 spiro atoms. The first kappa shape index (κ1) is 14.4. The number of phenols is 1. The number of aryl methyl sites for hydroxylation is 1. The maximum absolute atomic E-state index is 13.4. The fourth-order valence-electron chi connectivity index (χ4n) is 1.41. The van der Waals surface area contributed by atoms with Crippen molar-refractivity contribution in [3.63, 3.8) is 0 Å². The number of halogens is 2. The van der Waals surface area contributed by atoms with Gasteiger partial charge in [-0.1, -0.05) is 6.07 Å². The van der Waals surface area contributed by atoms with Crippen LogP contribution in [0.15, 0.2) is 12.1 Å². The Morgan fingerprint density at radius 3 is 2.50 bits per heavy atom. The minimum atomic E-state index is -1.03. The quantitative estimate of drug-likeness (QED) is 0.848. The van der Waals surface area contributed by atoms with Gasteiger partial charge in [0.05, 0.1) is 0 Å². The third-order valence-corrected chi connectivity index (χ3v) is 2.17. The molecule has 1 aromatic rings. The molecule has 1 N–H and O–H groups in total. The molecular formula is C13H16F2O3. The van der Waals surface area contributed by atoms with Crippen LogP contribution in [0.1, 0.15) is 32.8 Å². The maximum atomic E-state index is 13.4. The van der Waals surface area contributed by atoms with E-state index in [9.17, 15) is 13.6 Å². The smallest absolute Gasteiger partial charge is 0.306 e. The molecule has 0 radical (unpaired) electrons. The van der Waals surface area contributed by atoms with Crippen LogP contribution in [0.25, 0.3) is 0 Å². The van der Waals surface area contributed by atoms with Gasteiger partial charge in [0.2, 0.25) is 0 Å². The van der Waals surface area contributed by atoms with Crippen LogP contribution in [0.3, 0.4) is 0 Å². The molecule has 0 saturated heterocycles. The summed E-state index contributed by atoms with van der Waals surface area (Å²) in [4.78, 5) is 11.4. The van der Waals surface area contributed by atoms with Crippen molar-refractivity contribution in [2.24, 2.45) is 0 Å². The lowest BCUT2D eigenvalue weighted by atomic mass is 10.1. The van der Waals surface area contributed by atoms with Gasteiger partial charge in [-0.25, -0.2) is 8.78 Å². The van der Waals surface area contributed by atoms with E-state index in [2.05, 4.69) is 0 Å². The molecule has 1 rings (SSSR count). The second kappa shape index (κ2) is 5.33. The zero-order chi connectivity index (χ0) is 13.9. The first-order valence-electron chi connectivity index (χ1n) is 5.58. The summed E-state index contributed by atoms with van der Waals surface area (Å²) in [7, 11) is 0. The summed E-state index contributed by atoms with van der Waals surface area (Å²) in [5.74, 6) is -3.53. The van der Waals surface area contributed by atoms with Gasteiger partial charge in [0.1, 0.15) is 5.60 Å². The minimum absolute atomic E-state index is 0.0285. The molecule has 0 saturated carbocycles. The van der Waals surface area contributed by atoms with Crippen molar-refractivity contribution < 1.29 is 23.4 Å². The highest BCUT2D eigenvalue weighted by Crippen LogP contribution is 2.24. The van der Waals surface area contributed by atoms with Gasteiger partial charge in [-0.15, -0.1) is 0 Å². The molecule has 0 amide bonds. The molecular weight excluding hydrogens is 242 g/mol. The van der Waals surface area contributed by atoms with Gasteiger partial charge in [-0.2, -0.15) is 0 Å². The average Bonchev–Trinajstić information content (AvgIpc) is 2.22. The van der Waals surface area contributed by atoms with E-state index >= 15 is 0 Å². The Morgan fingerprint density at radius 1 is 1.33 bits per heavy atom. The number of carbonyl (C=O) groups is 1. The first-order valence-corrected chi connectivity index (χ1v) is 5.58. The average molecular weight is 258 g/mol. The highest BCUT2D eigenvalue weighted by molar-refractivity contribution is 5.70. The lowest BCUT2D eigenvalue weighted by Crippen LogP contribution is -2.24. The van der Waals surface area contributed by atoms with Crippen LogP contribution in [-0.2, 0) is 16.0 Å². The molecule has 18 heavy (non-hydrogen) atoms. The fourth-order valence-corrected chi connectivity index (χ4v) is 1.41. The van der Waals surface area contributed by atoms with Gasteiger partial charge in [0, 0.05) is 6.42 Å². The fraction of sp³-hybridized carbons (Fsp3) is 0.462. The molecule has 0 unspecified atom stereocenters. The van der Waals surface area contributed by atoms with Crippen molar-refractivity contribution in [1.29, 1.82) is 0 Å². The number of ether oxygens (including phenoxy) is 1. The van der Waals surface area contributed by atoms with Gasteiger partial charge in [-0.3, -0.25) is 4.79 Å². The second-order valence-electron chi connectivity index (χ2n) is 4.96. The summed E-state index contributed by atoms with van der Waals surface area (Å²) in [6, 6.07) is 2.16. The van der Waals surface area contributed by atoms with E-state index < -0.39 is 29.0 Å². The van der Waals surface area contributed by atoms with E-state index in [0.717, 1.165) is 6.07 Å². The summed E-state index contributed by atoms with van der Waals surface area (Å²) >= 11 is 0. The molecule has 1 aromatic carbocycles. The van der Waals surface area contributed by atoms with Crippen LogP contribution >= 0.6 is 0 Å². The lowest BCUT2D eigenvalue weighted by molar-refractivity contribution is -0.154. The van der Waals surface area contributed by atoms with Crippen LogP contribution in [0.2, 0.25) is 0 Å². The number of phenolic OH excluding ortho intramolecular Hbond substituents is 1. The number of rotatable bonds is 3. The predicted octanol–water partition coefficient (Wildman–Crippen LogP) is 2.94. The lowest BCUT2D eigenvalue weighted by Gasteiger charge is -2.19. The zero-order valence-corrected chi connectivity index (χ0v) is 10.6. The molecule has 5 heteroatoms. The Bertz CT molecular complexity index is 450. The maximum Gasteiger partial charge on any atom is 0.306 e. The van der Waals surface area contributed by atoms with Gasteiger partial charge in [-0.05, 0) is 38.8 Å². The van der Waals surface area contributed by atoms with Crippen molar-refractivity contribution >= 4 is 5.97 Å². The zero-order valence-electron chi connectivity index (χ0n) is 10.6. The standard InChI is InChI=1S/C13H16F2O3/c1-13(2,3)18-10(16)7-5-8-4-6-9(14)12(17)11(8)15/h4,6,17H,5,7H2,1-3H3. The van der Waals surface area contributed by atoms with E-state index in [0.29, 0.717) is 0 Å². The molecule has 0 aliphatic heterocycles. The van der Waals surface area contributed by atoms with Crippen molar-refractivity contribution in [3.8, 4) is 5.75 Å². The van der Waals surface area contributed by atoms with E-state index in [1.807, 2.05) is 0 Å². The van der Waals surface area contributed by atoms with Crippen molar-refractivity contribution in [2.45, 2.75) is 39.2 Å². The van der Waals surface area contributed by atoms with Crippen molar-refractivity contribution in [1.82, 2.24) is 0 Å². The van der Waals surface area contributed by atoms with E-state index in [1.54, 1.807) is 20.8 Å². The molecule has 0 aliphatic carbocycles. The molecule has 0 heterocycles. The molecule has 0 fully saturated rings. The number of hydrogen-bond donors (Lipinski definition) is 1. The topological polar surface area (TPSA) is 46.5 Å². The first-order chi connectivity index (χ1) is 8.20. The third kappa shape index (κ3) is 3.98. The van der Waals surface area contributed by atoms with Crippen molar-refractivity contribution in [2.75, 3.05) is 0 Å². The summed E-state index contributed by atoms with van der Waals surface area (Å²) in [6.45, 7) is 5.19. The SMILES string of the molecule is CC(C)(C)OC(=O)CCc1ccc(F)c(O)c1F. The van der Waals surface area contributed by atoms with Gasteiger partial charge in [0.25, 0.3) is 0 Å². The Kier molecular flexibility index (Phi) is 4.27. The largest absolute Gasteiger partial charge is 0.503 e. The molecule has 0 aromatic heterocycles. The van der Waals surface area contributed by atoms with E-state index in [1.165, 1.54) is 6.07 Å². The summed E-state index contributed by atoms with van der Waals surface area (Å²) in [6.07, 6.45) is 0.0217. The van der Waals surface area contributed by atoms with Crippen LogP contribution in [0, 0.1) is 11.6 Å². The molecule has 0 bridgehead atoms. The van der Waals surface area contributed by atoms with Crippen LogP contribution in [-0.4, -0.2) is 16.7 Å². The normalized spacial score (nSPS) is 11.4. The van der Waals surface area contributed by atoms with Gasteiger partial charge < -0.3 is 9.84 Å². The van der Waals surface area contributed by atoms with E-state index in [4.69, 9.17) is 9.84 Å². The molecule has 3 nitrogen and oxygen atoms in total. The predicted molar refractivity (Wildman–Crippen MR) is 62.2 cm³/mol. The number of esters is 1. The number of carbonyl (C=O) groups excluding carboxylic acids is 1. The van der Waals surface area contributed by atoms with Crippen LogP contribution < -0.4 is 0 Å². The highest BCUT2D eigenvalue weighted by Gasteiger charge is 2.18. The monoisotopic (exact) mass is 258 g/mol. The molecule has 0 aliphatic rings. The number of benzene rings is 1. The molecule has 0 atom stereocenters. The second-order valence-corrected chi connectivity index (χ2v) is 4.96. The summed E-state index contributed by atoms with van der Waals surface area (Å²) in [5.41, 5.74) is -0.514. The molecule has 100 valence electrons. The Balaban J connectivity index is 2.65. The Hall–Kier alpha value is -1.65.